The van der Waals surface area contributed by atoms with E-state index in [0.29, 0.717) is 55.5 Å². The highest BCUT2D eigenvalue weighted by Crippen LogP contribution is 2.45. The number of amides is 5. The Morgan fingerprint density at radius 3 is 2.29 bits per heavy atom. The largest absolute Gasteiger partial charge is 0.381 e. The topological polar surface area (TPSA) is 172 Å². The van der Waals surface area contributed by atoms with Crippen molar-refractivity contribution in [2.24, 2.45) is 11.3 Å². The lowest BCUT2D eigenvalue weighted by molar-refractivity contribution is -0.136. The van der Waals surface area contributed by atoms with Crippen LogP contribution in [0.2, 0.25) is 0 Å². The highest BCUT2D eigenvalue weighted by atomic mass is 19.1. The van der Waals surface area contributed by atoms with Crippen LogP contribution in [-0.4, -0.2) is 132 Å². The van der Waals surface area contributed by atoms with Crippen molar-refractivity contribution in [2.75, 3.05) is 72.9 Å². The normalized spacial score (nSPS) is 26.1. The molecule has 3 unspecified atom stereocenters. The number of hydrogen-bond donors (Lipinski definition) is 4. The van der Waals surface area contributed by atoms with E-state index in [2.05, 4.69) is 46.9 Å². The number of piperidine rings is 2. The van der Waals surface area contributed by atoms with E-state index in [1.54, 1.807) is 12.1 Å². The molecule has 346 valence electrons. The first-order valence-corrected chi connectivity index (χ1v) is 23.6. The molecule has 11 rings (SSSR count). The lowest BCUT2D eigenvalue weighted by Gasteiger charge is -2.63. The van der Waals surface area contributed by atoms with E-state index < -0.39 is 42.0 Å². The molecular formula is C49H55F2N9O6. The van der Waals surface area contributed by atoms with Crippen LogP contribution in [0, 0.1) is 11.3 Å². The van der Waals surface area contributed by atoms with Gasteiger partial charge in [0.2, 0.25) is 11.8 Å². The predicted octanol–water partition coefficient (Wildman–Crippen LogP) is 5.62. The molecule has 1 aliphatic carbocycles. The van der Waals surface area contributed by atoms with Crippen molar-refractivity contribution in [3.63, 3.8) is 0 Å². The Morgan fingerprint density at radius 1 is 0.803 bits per heavy atom. The third-order valence-corrected chi connectivity index (χ3v) is 15.2. The summed E-state index contributed by atoms with van der Waals surface area (Å²) in [7, 11) is 0. The number of likely N-dealkylation sites (tertiary alicyclic amines) is 1. The van der Waals surface area contributed by atoms with E-state index in [-0.39, 0.29) is 48.1 Å². The summed E-state index contributed by atoms with van der Waals surface area (Å²) in [6, 6.07) is 16.8. The Morgan fingerprint density at radius 2 is 1.53 bits per heavy atom. The van der Waals surface area contributed by atoms with Crippen molar-refractivity contribution in [3.8, 4) is 0 Å². The van der Waals surface area contributed by atoms with E-state index in [1.165, 1.54) is 0 Å². The second-order valence-electron chi connectivity index (χ2n) is 19.8. The number of nitrogens with one attached hydrogen (secondary N) is 4. The fourth-order valence-corrected chi connectivity index (χ4v) is 11.7. The number of rotatable bonds is 10. The number of imide groups is 2. The maximum atomic E-state index is 14.2. The zero-order valence-corrected chi connectivity index (χ0v) is 36.8. The molecule has 3 atom stereocenters. The maximum Gasteiger partial charge on any atom is 0.262 e. The molecule has 15 nitrogen and oxygen atoms in total. The number of hydrogen-bond acceptors (Lipinski definition) is 11. The number of benzene rings is 3. The minimum absolute atomic E-state index is 0.0172. The summed E-state index contributed by atoms with van der Waals surface area (Å²) in [6.45, 7) is 6.85. The van der Waals surface area contributed by atoms with Crippen LogP contribution < -0.4 is 25.8 Å². The molecule has 0 bridgehead atoms. The molecule has 3 aromatic carbocycles. The van der Waals surface area contributed by atoms with E-state index in [9.17, 15) is 32.8 Å². The number of halogens is 2. The smallest absolute Gasteiger partial charge is 0.262 e. The van der Waals surface area contributed by atoms with Crippen LogP contribution in [0.15, 0.2) is 54.6 Å². The number of carbonyl (C=O) groups excluding carboxylic acids is 5. The van der Waals surface area contributed by atoms with Gasteiger partial charge in [0.1, 0.15) is 18.4 Å². The van der Waals surface area contributed by atoms with Crippen LogP contribution in [0.3, 0.4) is 0 Å². The number of alkyl halides is 2. The lowest BCUT2D eigenvalue weighted by Crippen LogP contribution is -2.74. The number of ether oxygens (including phenoxy) is 1. The second-order valence-corrected chi connectivity index (χ2v) is 19.8. The minimum atomic E-state index is -1.11. The molecule has 7 aliphatic rings. The van der Waals surface area contributed by atoms with Gasteiger partial charge in [0.15, 0.2) is 5.82 Å². The third-order valence-electron chi connectivity index (χ3n) is 15.2. The van der Waals surface area contributed by atoms with Gasteiger partial charge in [-0.1, -0.05) is 6.07 Å². The first kappa shape index (κ1) is 42.7. The van der Waals surface area contributed by atoms with Crippen LogP contribution in [0.4, 0.5) is 31.7 Å². The molecule has 5 saturated heterocycles. The Balaban J connectivity index is 0.707. The number of aromatic nitrogens is 2. The molecule has 1 saturated carbocycles. The molecule has 66 heavy (non-hydrogen) atoms. The van der Waals surface area contributed by atoms with E-state index >= 15 is 0 Å². The van der Waals surface area contributed by atoms with Crippen LogP contribution >= 0.6 is 0 Å². The molecule has 6 fully saturated rings. The molecule has 1 spiro atoms. The average Bonchev–Trinajstić information content (AvgIpc) is 3.78. The van der Waals surface area contributed by atoms with E-state index in [4.69, 9.17) is 4.74 Å². The number of H-pyrrole nitrogens is 1. The number of anilines is 4. The Bertz CT molecular complexity index is 2580. The van der Waals surface area contributed by atoms with Gasteiger partial charge in [-0.3, -0.25) is 44.2 Å². The van der Waals surface area contributed by atoms with Gasteiger partial charge in [-0.25, -0.2) is 8.78 Å². The molecular weight excluding hydrogens is 849 g/mol. The van der Waals surface area contributed by atoms with Crippen molar-refractivity contribution in [1.82, 2.24) is 25.3 Å². The summed E-state index contributed by atoms with van der Waals surface area (Å²) in [5, 5.41) is 17.2. The van der Waals surface area contributed by atoms with Gasteiger partial charge in [-0.15, -0.1) is 0 Å². The highest BCUT2D eigenvalue weighted by Gasteiger charge is 2.54. The molecule has 7 heterocycles. The molecule has 17 heteroatoms. The first-order valence-electron chi connectivity index (χ1n) is 23.6. The van der Waals surface area contributed by atoms with Crippen molar-refractivity contribution in [1.29, 1.82) is 0 Å². The van der Waals surface area contributed by atoms with Crippen LogP contribution in [0.25, 0.3) is 10.9 Å². The van der Waals surface area contributed by atoms with E-state index in [1.807, 2.05) is 36.4 Å². The van der Waals surface area contributed by atoms with Crippen molar-refractivity contribution in [3.05, 3.63) is 76.9 Å². The Kier molecular flexibility index (Phi) is 11.0. The maximum absolute atomic E-state index is 14.2. The van der Waals surface area contributed by atoms with Crippen molar-refractivity contribution >= 4 is 63.3 Å². The molecule has 4 N–H and O–H groups in total. The first-order chi connectivity index (χ1) is 32.0. The number of fused-ring (bicyclic) bond motifs is 2. The molecule has 5 amide bonds. The minimum Gasteiger partial charge on any atom is -0.381 e. The highest BCUT2D eigenvalue weighted by molar-refractivity contribution is 6.23. The summed E-state index contributed by atoms with van der Waals surface area (Å²) >= 11 is 0. The molecule has 6 aliphatic heterocycles. The van der Waals surface area contributed by atoms with Crippen molar-refractivity contribution in [2.45, 2.75) is 94.7 Å². The second kappa shape index (κ2) is 17.0. The summed E-state index contributed by atoms with van der Waals surface area (Å²) < 4.78 is 34.0. The Hall–Kier alpha value is -5.94. The van der Waals surface area contributed by atoms with Gasteiger partial charge in [-0.2, -0.15) is 5.10 Å². The summed E-state index contributed by atoms with van der Waals surface area (Å²) in [6.07, 6.45) is 2.97. The van der Waals surface area contributed by atoms with Gasteiger partial charge in [0.05, 0.1) is 22.2 Å². The summed E-state index contributed by atoms with van der Waals surface area (Å²) in [5.41, 5.74) is 5.74. The van der Waals surface area contributed by atoms with Crippen LogP contribution in [-0.2, 0) is 20.7 Å². The predicted molar refractivity (Wildman–Crippen MR) is 243 cm³/mol. The van der Waals surface area contributed by atoms with Gasteiger partial charge in [0.25, 0.3) is 17.7 Å². The summed E-state index contributed by atoms with van der Waals surface area (Å²) in [5.74, 6) is -1.94. The SMILES string of the molecule is O=C1CCC(N2C(=O)c3ccc(N4CC5(C4)CN(C4CCN(c6ccc(C(=O)Nc7n[nH]c8ccc(CC9CC(F)CC(F)C9)cc78)c(NC7CCOCC7)c6)CC4)C5)cc3C2=O)C(=O)N1. The monoisotopic (exact) mass is 903 g/mol. The van der Waals surface area contributed by atoms with E-state index in [0.717, 1.165) is 103 Å². The molecule has 4 aromatic rings. The van der Waals surface area contributed by atoms with Gasteiger partial charge in [0, 0.05) is 105 Å². The summed E-state index contributed by atoms with van der Waals surface area (Å²) in [4.78, 5) is 73.1. The standard InChI is InChI=1S/C49H55F2N9O6/c50-30-18-29(19-31(51)21-30)17-28-1-6-40-39(20-28)44(56-55-40)54-45(62)37-5-3-35(23-41(37)52-32-11-15-66-16-12-32)57-13-9-33(10-14-57)58-24-49(25-58)26-59(27-49)34-2-4-36-38(22-34)48(65)60(47(36)64)42-7-8-43(61)53-46(42)63/h1-6,20,22-23,29-33,42,52H,7-19,21,24-27H2,(H,53,61,63)(H2,54,55,56,62). The fraction of sp³-hybridized carbons (Fsp3) is 0.510. The lowest BCUT2D eigenvalue weighted by atomic mass is 9.71. The zero-order valence-electron chi connectivity index (χ0n) is 36.8. The zero-order chi connectivity index (χ0) is 45.3. The van der Waals surface area contributed by atoms with Crippen LogP contribution in [0.1, 0.15) is 94.4 Å². The van der Waals surface area contributed by atoms with Gasteiger partial charge in [-0.05, 0) is 111 Å². The number of nitrogens with zero attached hydrogens (tertiary/aromatic N) is 5. The average molecular weight is 904 g/mol. The quantitative estimate of drug-likeness (QED) is 0.146. The molecule has 1 aromatic heterocycles. The van der Waals surface area contributed by atoms with Gasteiger partial charge >= 0.3 is 0 Å². The Labute approximate surface area is 380 Å². The van der Waals surface area contributed by atoms with Crippen LogP contribution in [0.5, 0.6) is 0 Å². The fourth-order valence-electron chi connectivity index (χ4n) is 11.7. The third kappa shape index (κ3) is 8.07. The van der Waals surface area contributed by atoms with Gasteiger partial charge < -0.3 is 25.2 Å². The number of aromatic amines is 1. The number of carbonyl (C=O) groups is 5. The van der Waals surface area contributed by atoms with Crippen molar-refractivity contribution < 1.29 is 37.5 Å². The molecule has 0 radical (unpaired) electrons.